The minimum Gasteiger partial charge on any atom is -0.473 e. The number of benzene rings is 2. The van der Waals surface area contributed by atoms with E-state index >= 15 is 0 Å². The van der Waals surface area contributed by atoms with E-state index in [1.807, 2.05) is 52.0 Å². The SMILES string of the molecule is CC1(C)OB(c2ccc3ccc(OCc4ccc(Cl)cc4F)nc3c2)OC1(C)C. The third-order valence-electron chi connectivity index (χ3n) is 5.61. The lowest BCUT2D eigenvalue weighted by Gasteiger charge is -2.32. The monoisotopic (exact) mass is 413 g/mol. The van der Waals surface area contributed by atoms with E-state index in [-0.39, 0.29) is 6.61 Å². The number of nitrogens with zero attached hydrogens (tertiary/aromatic N) is 1. The molecule has 150 valence electrons. The first-order chi connectivity index (χ1) is 13.6. The molecule has 0 saturated carbocycles. The van der Waals surface area contributed by atoms with Crippen LogP contribution < -0.4 is 10.2 Å². The highest BCUT2D eigenvalue weighted by Crippen LogP contribution is 2.36. The molecule has 7 heteroatoms. The molecule has 1 aromatic heterocycles. The number of hydrogen-bond donors (Lipinski definition) is 0. The van der Waals surface area contributed by atoms with E-state index < -0.39 is 24.1 Å². The molecular formula is C22H22BClFNO3. The van der Waals surface area contributed by atoms with E-state index in [1.54, 1.807) is 18.2 Å². The normalized spacial score (nSPS) is 17.7. The van der Waals surface area contributed by atoms with Gasteiger partial charge in [0.2, 0.25) is 5.88 Å². The van der Waals surface area contributed by atoms with Crippen LogP contribution in [0.1, 0.15) is 33.3 Å². The van der Waals surface area contributed by atoms with Crippen LogP contribution in [0.3, 0.4) is 0 Å². The van der Waals surface area contributed by atoms with Crippen molar-refractivity contribution in [3.05, 3.63) is 64.9 Å². The molecule has 2 aromatic carbocycles. The maximum absolute atomic E-state index is 13.9. The van der Waals surface area contributed by atoms with E-state index in [0.717, 1.165) is 16.4 Å². The topological polar surface area (TPSA) is 40.6 Å². The van der Waals surface area contributed by atoms with Gasteiger partial charge in [0.25, 0.3) is 0 Å². The molecule has 0 radical (unpaired) electrons. The molecule has 0 atom stereocenters. The van der Waals surface area contributed by atoms with Gasteiger partial charge in [-0.1, -0.05) is 29.8 Å². The maximum Gasteiger partial charge on any atom is 0.494 e. The van der Waals surface area contributed by atoms with Crippen LogP contribution in [-0.2, 0) is 15.9 Å². The zero-order chi connectivity index (χ0) is 20.8. The molecule has 0 amide bonds. The Morgan fingerprint density at radius 2 is 1.69 bits per heavy atom. The first-order valence-electron chi connectivity index (χ1n) is 9.48. The van der Waals surface area contributed by atoms with E-state index in [1.165, 1.54) is 6.07 Å². The predicted molar refractivity (Wildman–Crippen MR) is 113 cm³/mol. The number of aromatic nitrogens is 1. The fourth-order valence-electron chi connectivity index (χ4n) is 3.11. The summed E-state index contributed by atoms with van der Waals surface area (Å²) < 4.78 is 31.9. The molecule has 0 unspecified atom stereocenters. The highest BCUT2D eigenvalue weighted by atomic mass is 35.5. The minimum atomic E-state index is -0.459. The summed E-state index contributed by atoms with van der Waals surface area (Å²) in [7, 11) is -0.459. The van der Waals surface area contributed by atoms with Gasteiger partial charge in [0.1, 0.15) is 12.4 Å². The molecule has 1 aliphatic heterocycles. The Labute approximate surface area is 175 Å². The quantitative estimate of drug-likeness (QED) is 0.570. The molecule has 4 nitrogen and oxygen atoms in total. The molecular weight excluding hydrogens is 392 g/mol. The Morgan fingerprint density at radius 3 is 2.38 bits per heavy atom. The Kier molecular flexibility index (Phi) is 5.05. The zero-order valence-corrected chi connectivity index (χ0v) is 17.6. The maximum atomic E-state index is 13.9. The van der Waals surface area contributed by atoms with Crippen LogP contribution >= 0.6 is 11.6 Å². The average Bonchev–Trinajstić information content (AvgIpc) is 2.88. The van der Waals surface area contributed by atoms with Gasteiger partial charge >= 0.3 is 7.12 Å². The van der Waals surface area contributed by atoms with Crippen molar-refractivity contribution in [2.75, 3.05) is 0 Å². The molecule has 0 spiro atoms. The number of fused-ring (bicyclic) bond motifs is 1. The number of ether oxygens (including phenoxy) is 1. The van der Waals surface area contributed by atoms with E-state index in [0.29, 0.717) is 16.5 Å². The molecule has 1 saturated heterocycles. The van der Waals surface area contributed by atoms with Crippen molar-refractivity contribution in [1.82, 2.24) is 4.98 Å². The van der Waals surface area contributed by atoms with Crippen molar-refractivity contribution in [2.45, 2.75) is 45.5 Å². The van der Waals surface area contributed by atoms with Gasteiger partial charge in [0.15, 0.2) is 0 Å². The van der Waals surface area contributed by atoms with Gasteiger partial charge < -0.3 is 14.0 Å². The van der Waals surface area contributed by atoms with Crippen LogP contribution in [0.5, 0.6) is 5.88 Å². The molecule has 1 fully saturated rings. The van der Waals surface area contributed by atoms with Crippen molar-refractivity contribution < 1.29 is 18.4 Å². The molecule has 29 heavy (non-hydrogen) atoms. The van der Waals surface area contributed by atoms with Crippen LogP contribution in [0, 0.1) is 5.82 Å². The van der Waals surface area contributed by atoms with Crippen molar-refractivity contribution >= 4 is 35.1 Å². The van der Waals surface area contributed by atoms with Crippen LogP contribution in [0.4, 0.5) is 4.39 Å². The van der Waals surface area contributed by atoms with Gasteiger partial charge in [0, 0.05) is 22.0 Å². The number of rotatable bonds is 4. The first kappa shape index (κ1) is 20.1. The second kappa shape index (κ2) is 7.28. The molecule has 0 bridgehead atoms. The molecule has 0 aliphatic carbocycles. The number of pyridine rings is 1. The third kappa shape index (κ3) is 3.97. The minimum absolute atomic E-state index is 0.0679. The largest absolute Gasteiger partial charge is 0.494 e. The Hall–Kier alpha value is -2.15. The molecule has 0 N–H and O–H groups in total. The Bertz CT molecular complexity index is 1060. The van der Waals surface area contributed by atoms with Gasteiger partial charge in [-0.05, 0) is 57.4 Å². The van der Waals surface area contributed by atoms with Crippen LogP contribution in [0.15, 0.2) is 48.5 Å². The highest BCUT2D eigenvalue weighted by molar-refractivity contribution is 6.62. The zero-order valence-electron chi connectivity index (χ0n) is 16.8. The average molecular weight is 414 g/mol. The fourth-order valence-corrected chi connectivity index (χ4v) is 3.27. The molecule has 2 heterocycles. The number of hydrogen-bond acceptors (Lipinski definition) is 4. The number of halogens is 2. The van der Waals surface area contributed by atoms with Crippen LogP contribution in [0.25, 0.3) is 10.9 Å². The summed E-state index contributed by atoms with van der Waals surface area (Å²) >= 11 is 5.79. The Morgan fingerprint density at radius 1 is 1.00 bits per heavy atom. The summed E-state index contributed by atoms with van der Waals surface area (Å²) in [5, 5.41) is 1.32. The lowest BCUT2D eigenvalue weighted by Crippen LogP contribution is -2.41. The summed E-state index contributed by atoms with van der Waals surface area (Å²) in [6.07, 6.45) is 0. The first-order valence-corrected chi connectivity index (χ1v) is 9.85. The highest BCUT2D eigenvalue weighted by Gasteiger charge is 2.51. The van der Waals surface area contributed by atoms with Gasteiger partial charge in [-0.3, -0.25) is 0 Å². The Balaban J connectivity index is 1.56. The summed E-state index contributed by atoms with van der Waals surface area (Å²) in [5.74, 6) is 0.0132. The smallest absolute Gasteiger partial charge is 0.473 e. The van der Waals surface area contributed by atoms with Gasteiger partial charge in [-0.2, -0.15) is 0 Å². The molecule has 1 aliphatic rings. The third-order valence-corrected chi connectivity index (χ3v) is 5.84. The van der Waals surface area contributed by atoms with Crippen LogP contribution in [0.2, 0.25) is 5.02 Å². The summed E-state index contributed by atoms with van der Waals surface area (Å²) in [5.41, 5.74) is 1.25. The van der Waals surface area contributed by atoms with Gasteiger partial charge in [-0.15, -0.1) is 0 Å². The lowest BCUT2D eigenvalue weighted by atomic mass is 9.79. The summed E-state index contributed by atoms with van der Waals surface area (Å²) in [4.78, 5) is 4.56. The van der Waals surface area contributed by atoms with Gasteiger partial charge in [0.05, 0.1) is 16.7 Å². The second-order valence-corrected chi connectivity index (χ2v) is 8.65. The van der Waals surface area contributed by atoms with Crippen molar-refractivity contribution in [3.63, 3.8) is 0 Å². The van der Waals surface area contributed by atoms with Gasteiger partial charge in [-0.25, -0.2) is 9.37 Å². The lowest BCUT2D eigenvalue weighted by molar-refractivity contribution is 0.00578. The standard InChI is InChI=1S/C22H22BClFNO3/c1-21(2)22(3,4)29-23(28-21)16-8-5-14-7-10-20(26-19(14)11-16)27-13-15-6-9-17(24)12-18(15)25/h5-12H,13H2,1-4H3. The van der Waals surface area contributed by atoms with E-state index in [9.17, 15) is 4.39 Å². The molecule has 4 rings (SSSR count). The summed E-state index contributed by atoms with van der Waals surface area (Å²) in [6.45, 7) is 8.16. The van der Waals surface area contributed by atoms with Crippen molar-refractivity contribution in [2.24, 2.45) is 0 Å². The predicted octanol–water partition coefficient (Wildman–Crippen LogP) is 4.91. The van der Waals surface area contributed by atoms with E-state index in [2.05, 4.69) is 4.98 Å². The van der Waals surface area contributed by atoms with Crippen molar-refractivity contribution in [3.8, 4) is 5.88 Å². The van der Waals surface area contributed by atoms with Crippen LogP contribution in [-0.4, -0.2) is 23.3 Å². The second-order valence-electron chi connectivity index (χ2n) is 8.21. The summed E-state index contributed by atoms with van der Waals surface area (Å²) in [6, 6.07) is 14.1. The van der Waals surface area contributed by atoms with Crippen molar-refractivity contribution in [1.29, 1.82) is 0 Å². The fraction of sp³-hybridized carbons (Fsp3) is 0.318. The molecule has 3 aromatic rings. The van der Waals surface area contributed by atoms with E-state index in [4.69, 9.17) is 25.6 Å².